The predicted octanol–water partition coefficient (Wildman–Crippen LogP) is 2.09. The Hall–Kier alpha value is -2.78. The first kappa shape index (κ1) is 18.0. The zero-order valence-electron chi connectivity index (χ0n) is 14.6. The summed E-state index contributed by atoms with van der Waals surface area (Å²) in [6, 6.07) is -0.466. The van der Waals surface area contributed by atoms with E-state index < -0.39 is 18.2 Å². The number of alkyl halides is 3. The third-order valence-corrected chi connectivity index (χ3v) is 4.69. The van der Waals surface area contributed by atoms with Gasteiger partial charge in [-0.3, -0.25) is 9.59 Å². The van der Waals surface area contributed by atoms with Crippen molar-refractivity contribution >= 4 is 5.91 Å². The zero-order chi connectivity index (χ0) is 19.4. The van der Waals surface area contributed by atoms with Crippen molar-refractivity contribution in [2.45, 2.75) is 32.7 Å². The summed E-state index contributed by atoms with van der Waals surface area (Å²) in [7, 11) is 3.03. The molecule has 7 nitrogen and oxygen atoms in total. The maximum Gasteiger partial charge on any atom is 0.504 e. The van der Waals surface area contributed by atoms with E-state index in [1.165, 1.54) is 16.6 Å². The van der Waals surface area contributed by atoms with E-state index in [2.05, 4.69) is 5.10 Å². The van der Waals surface area contributed by atoms with Crippen LogP contribution in [0.2, 0.25) is 0 Å². The molecule has 1 aliphatic rings. The molecule has 0 N–H and O–H groups in total. The van der Waals surface area contributed by atoms with Crippen LogP contribution in [0.25, 0.3) is 0 Å². The van der Waals surface area contributed by atoms with Gasteiger partial charge in [0, 0.05) is 24.5 Å². The van der Waals surface area contributed by atoms with Gasteiger partial charge in [-0.25, -0.2) is 0 Å². The van der Waals surface area contributed by atoms with Crippen LogP contribution in [0.4, 0.5) is 13.2 Å². The SMILES string of the molecule is COc1c2c(n(C)c(=O)c1C)CN(C(=O)c1cnn(C(F)(F)F)c1)C2C. The van der Waals surface area contributed by atoms with Gasteiger partial charge in [-0.05, 0) is 13.8 Å². The molecule has 3 rings (SSSR count). The Morgan fingerprint density at radius 3 is 2.58 bits per heavy atom. The summed E-state index contributed by atoms with van der Waals surface area (Å²) in [5.41, 5.74) is 1.28. The molecule has 0 fully saturated rings. The summed E-state index contributed by atoms with van der Waals surface area (Å²) in [5, 5.41) is 3.20. The molecule has 140 valence electrons. The second kappa shape index (κ2) is 5.89. The molecule has 0 bridgehead atoms. The number of hydrogen-bond acceptors (Lipinski definition) is 4. The lowest BCUT2D eigenvalue weighted by Gasteiger charge is -2.21. The number of amides is 1. The van der Waals surface area contributed by atoms with E-state index >= 15 is 0 Å². The number of nitrogens with zero attached hydrogens (tertiary/aromatic N) is 4. The van der Waals surface area contributed by atoms with Gasteiger partial charge in [0.2, 0.25) is 0 Å². The summed E-state index contributed by atoms with van der Waals surface area (Å²) in [5.74, 6) is -0.201. The van der Waals surface area contributed by atoms with Crippen LogP contribution in [-0.2, 0) is 19.9 Å². The number of hydrogen-bond donors (Lipinski definition) is 0. The molecule has 0 aromatic carbocycles. The molecule has 0 radical (unpaired) electrons. The van der Waals surface area contributed by atoms with Gasteiger partial charge >= 0.3 is 6.30 Å². The molecule has 0 saturated heterocycles. The first-order chi connectivity index (χ1) is 12.1. The molecule has 0 saturated carbocycles. The van der Waals surface area contributed by atoms with E-state index in [1.54, 1.807) is 20.9 Å². The second-order valence-corrected chi connectivity index (χ2v) is 6.13. The van der Waals surface area contributed by atoms with Crippen LogP contribution in [0.5, 0.6) is 5.75 Å². The maximum atomic E-state index is 12.7. The third-order valence-electron chi connectivity index (χ3n) is 4.69. The number of carbonyl (C=O) groups is 1. The summed E-state index contributed by atoms with van der Waals surface area (Å²) in [4.78, 5) is 26.4. The van der Waals surface area contributed by atoms with Gasteiger partial charge in [-0.15, -0.1) is 13.2 Å². The fraction of sp³-hybridized carbons (Fsp3) is 0.438. The van der Waals surface area contributed by atoms with Crippen LogP contribution in [0.3, 0.4) is 0 Å². The van der Waals surface area contributed by atoms with E-state index in [0.29, 0.717) is 28.8 Å². The lowest BCUT2D eigenvalue weighted by Crippen LogP contribution is -2.28. The molecule has 3 heterocycles. The standard InChI is InChI=1S/C16H17F3N4O3/c1-8-13(26-4)12-9(2)22(7-11(12)21(3)14(8)24)15(25)10-5-20-23(6-10)16(17,18)19/h5-6,9H,7H2,1-4H3. The summed E-state index contributed by atoms with van der Waals surface area (Å²) in [6.45, 7) is 3.46. The number of ether oxygens (including phenoxy) is 1. The van der Waals surface area contributed by atoms with E-state index in [1.807, 2.05) is 0 Å². The Labute approximate surface area is 146 Å². The highest BCUT2D eigenvalue weighted by Gasteiger charge is 2.38. The number of aromatic nitrogens is 3. The molecule has 10 heteroatoms. The molecule has 1 aliphatic heterocycles. The van der Waals surface area contributed by atoms with Gasteiger partial charge < -0.3 is 14.2 Å². The van der Waals surface area contributed by atoms with Crippen molar-refractivity contribution in [2.75, 3.05) is 7.11 Å². The minimum atomic E-state index is -4.69. The van der Waals surface area contributed by atoms with Crippen LogP contribution < -0.4 is 10.3 Å². The summed E-state index contributed by atoms with van der Waals surface area (Å²) >= 11 is 0. The summed E-state index contributed by atoms with van der Waals surface area (Å²) in [6.07, 6.45) is -3.16. The number of carbonyl (C=O) groups excluding carboxylic acids is 1. The van der Waals surface area contributed by atoms with Crippen LogP contribution in [-0.4, -0.2) is 32.3 Å². The molecule has 0 aliphatic carbocycles. The normalized spacial score (nSPS) is 16.7. The number of rotatable bonds is 2. The van der Waals surface area contributed by atoms with Crippen molar-refractivity contribution in [3.05, 3.63) is 45.1 Å². The Bertz CT molecular complexity index is 945. The van der Waals surface area contributed by atoms with Gasteiger partial charge in [0.15, 0.2) is 0 Å². The van der Waals surface area contributed by atoms with Gasteiger partial charge in [0.05, 0.1) is 37.0 Å². The van der Waals surface area contributed by atoms with Gasteiger partial charge in [-0.2, -0.15) is 9.78 Å². The predicted molar refractivity (Wildman–Crippen MR) is 84.8 cm³/mol. The quantitative estimate of drug-likeness (QED) is 0.812. The van der Waals surface area contributed by atoms with Gasteiger partial charge in [0.1, 0.15) is 5.75 Å². The molecule has 1 atom stereocenters. The molecular weight excluding hydrogens is 353 g/mol. The molecule has 2 aromatic rings. The van der Waals surface area contributed by atoms with Crippen molar-refractivity contribution in [2.24, 2.45) is 7.05 Å². The zero-order valence-corrected chi connectivity index (χ0v) is 14.6. The number of halogens is 3. The van der Waals surface area contributed by atoms with Crippen LogP contribution in [0, 0.1) is 6.92 Å². The fourth-order valence-corrected chi connectivity index (χ4v) is 3.31. The second-order valence-electron chi connectivity index (χ2n) is 6.13. The molecular formula is C16H17F3N4O3. The van der Waals surface area contributed by atoms with Crippen molar-refractivity contribution in [3.63, 3.8) is 0 Å². The van der Waals surface area contributed by atoms with Crippen molar-refractivity contribution in [1.82, 2.24) is 19.2 Å². The minimum Gasteiger partial charge on any atom is -0.496 e. The Morgan fingerprint density at radius 1 is 1.38 bits per heavy atom. The maximum absolute atomic E-state index is 12.7. The Kier molecular flexibility index (Phi) is 4.08. The first-order valence-electron chi connectivity index (χ1n) is 7.77. The molecule has 2 aromatic heterocycles. The van der Waals surface area contributed by atoms with Crippen molar-refractivity contribution in [1.29, 1.82) is 0 Å². The van der Waals surface area contributed by atoms with E-state index in [-0.39, 0.29) is 22.3 Å². The smallest absolute Gasteiger partial charge is 0.496 e. The van der Waals surface area contributed by atoms with Crippen molar-refractivity contribution in [3.8, 4) is 5.75 Å². The van der Waals surface area contributed by atoms with Crippen LogP contribution in [0.1, 0.15) is 40.1 Å². The lowest BCUT2D eigenvalue weighted by molar-refractivity contribution is -0.212. The Balaban J connectivity index is 2.02. The van der Waals surface area contributed by atoms with Gasteiger partial charge in [0.25, 0.3) is 11.5 Å². The summed E-state index contributed by atoms with van der Waals surface area (Å²) < 4.78 is 44.7. The number of fused-ring (bicyclic) bond motifs is 1. The first-order valence-corrected chi connectivity index (χ1v) is 7.77. The number of pyridine rings is 1. The van der Waals surface area contributed by atoms with Gasteiger partial charge in [-0.1, -0.05) is 0 Å². The topological polar surface area (TPSA) is 69.4 Å². The monoisotopic (exact) mass is 370 g/mol. The minimum absolute atomic E-state index is 0.0922. The van der Waals surface area contributed by atoms with E-state index in [4.69, 9.17) is 4.74 Å². The highest BCUT2D eigenvalue weighted by molar-refractivity contribution is 5.94. The Morgan fingerprint density at radius 2 is 2.04 bits per heavy atom. The fourth-order valence-electron chi connectivity index (χ4n) is 3.31. The molecule has 1 unspecified atom stereocenters. The van der Waals surface area contributed by atoms with Crippen LogP contribution >= 0.6 is 0 Å². The number of methoxy groups -OCH3 is 1. The average molecular weight is 370 g/mol. The average Bonchev–Trinajstić information content (AvgIpc) is 3.19. The largest absolute Gasteiger partial charge is 0.504 e. The molecule has 26 heavy (non-hydrogen) atoms. The van der Waals surface area contributed by atoms with Crippen LogP contribution in [0.15, 0.2) is 17.2 Å². The molecule has 0 spiro atoms. The highest BCUT2D eigenvalue weighted by Crippen LogP contribution is 2.40. The van der Waals surface area contributed by atoms with Crippen molar-refractivity contribution < 1.29 is 22.7 Å². The molecule has 1 amide bonds. The van der Waals surface area contributed by atoms with E-state index in [9.17, 15) is 22.8 Å². The third kappa shape index (κ3) is 2.56. The highest BCUT2D eigenvalue weighted by atomic mass is 19.4. The van der Waals surface area contributed by atoms with E-state index in [0.717, 1.165) is 6.20 Å². The lowest BCUT2D eigenvalue weighted by atomic mass is 10.1.